The SMILES string of the molecule is CCNC(=NCc1ccc(Oc2ccc(OC)cc2)nc1)NC(C)CC.I. The van der Waals surface area contributed by atoms with Gasteiger partial charge in [0.05, 0.1) is 13.7 Å². The Hall–Kier alpha value is -2.03. The number of rotatable bonds is 8. The lowest BCUT2D eigenvalue weighted by molar-refractivity contribution is 0.412. The summed E-state index contributed by atoms with van der Waals surface area (Å²) in [5.74, 6) is 2.88. The van der Waals surface area contributed by atoms with E-state index in [9.17, 15) is 0 Å². The number of benzene rings is 1. The molecular weight excluding hydrogens is 455 g/mol. The van der Waals surface area contributed by atoms with Gasteiger partial charge in [0.25, 0.3) is 0 Å². The number of hydrogen-bond acceptors (Lipinski definition) is 4. The van der Waals surface area contributed by atoms with Crippen molar-refractivity contribution in [3.63, 3.8) is 0 Å². The first-order chi connectivity index (χ1) is 12.6. The molecule has 0 spiro atoms. The number of pyridine rings is 1. The fourth-order valence-electron chi connectivity index (χ4n) is 2.16. The summed E-state index contributed by atoms with van der Waals surface area (Å²) in [6.07, 6.45) is 2.83. The second kappa shape index (κ2) is 12.4. The molecule has 7 heteroatoms. The zero-order chi connectivity index (χ0) is 18.8. The average molecular weight is 484 g/mol. The number of aromatic nitrogens is 1. The lowest BCUT2D eigenvalue weighted by Crippen LogP contribution is -2.41. The molecule has 1 unspecified atom stereocenters. The highest BCUT2D eigenvalue weighted by Gasteiger charge is 2.03. The van der Waals surface area contributed by atoms with Gasteiger partial charge in [-0.05, 0) is 50.1 Å². The van der Waals surface area contributed by atoms with Crippen molar-refractivity contribution in [2.75, 3.05) is 13.7 Å². The first-order valence-electron chi connectivity index (χ1n) is 8.96. The zero-order valence-corrected chi connectivity index (χ0v) is 18.7. The first-order valence-corrected chi connectivity index (χ1v) is 8.96. The van der Waals surface area contributed by atoms with Crippen molar-refractivity contribution < 1.29 is 9.47 Å². The Morgan fingerprint density at radius 3 is 2.37 bits per heavy atom. The fraction of sp³-hybridized carbons (Fsp3) is 0.400. The van der Waals surface area contributed by atoms with E-state index in [4.69, 9.17) is 9.47 Å². The Bertz CT molecular complexity index is 690. The van der Waals surface area contributed by atoms with Gasteiger partial charge in [0.1, 0.15) is 11.5 Å². The van der Waals surface area contributed by atoms with Crippen LogP contribution in [0, 0.1) is 0 Å². The van der Waals surface area contributed by atoms with E-state index in [0.717, 1.165) is 36.0 Å². The molecular formula is C20H29IN4O2. The molecule has 2 N–H and O–H groups in total. The highest BCUT2D eigenvalue weighted by molar-refractivity contribution is 14.0. The molecule has 0 radical (unpaired) electrons. The third kappa shape index (κ3) is 8.03. The summed E-state index contributed by atoms with van der Waals surface area (Å²) in [5, 5.41) is 6.63. The van der Waals surface area contributed by atoms with Crippen molar-refractivity contribution in [3.8, 4) is 17.4 Å². The summed E-state index contributed by atoms with van der Waals surface area (Å²) < 4.78 is 10.9. The molecule has 0 bridgehead atoms. The molecule has 2 aromatic rings. The average Bonchev–Trinajstić information content (AvgIpc) is 2.68. The summed E-state index contributed by atoms with van der Waals surface area (Å²) in [5.41, 5.74) is 1.02. The van der Waals surface area contributed by atoms with Crippen LogP contribution in [0.1, 0.15) is 32.8 Å². The second-order valence-corrected chi connectivity index (χ2v) is 5.93. The van der Waals surface area contributed by atoms with Crippen LogP contribution in [0.4, 0.5) is 0 Å². The molecule has 0 amide bonds. The van der Waals surface area contributed by atoms with Crippen LogP contribution in [0.2, 0.25) is 0 Å². The van der Waals surface area contributed by atoms with Crippen molar-refractivity contribution in [2.45, 2.75) is 39.8 Å². The maximum absolute atomic E-state index is 5.74. The van der Waals surface area contributed by atoms with Crippen LogP contribution >= 0.6 is 24.0 Å². The topological polar surface area (TPSA) is 67.8 Å². The lowest BCUT2D eigenvalue weighted by atomic mass is 10.2. The number of nitrogens with zero attached hydrogens (tertiary/aromatic N) is 2. The third-order valence-corrected chi connectivity index (χ3v) is 3.84. The number of hydrogen-bond donors (Lipinski definition) is 2. The summed E-state index contributed by atoms with van der Waals surface area (Å²) in [4.78, 5) is 8.96. The summed E-state index contributed by atoms with van der Waals surface area (Å²) >= 11 is 0. The highest BCUT2D eigenvalue weighted by atomic mass is 127. The molecule has 2 rings (SSSR count). The largest absolute Gasteiger partial charge is 0.497 e. The predicted octanol–water partition coefficient (Wildman–Crippen LogP) is 4.35. The van der Waals surface area contributed by atoms with Crippen molar-refractivity contribution in [1.29, 1.82) is 0 Å². The Labute approximate surface area is 178 Å². The van der Waals surface area contributed by atoms with Crippen LogP contribution in [0.5, 0.6) is 17.4 Å². The maximum Gasteiger partial charge on any atom is 0.219 e. The van der Waals surface area contributed by atoms with Gasteiger partial charge in [-0.1, -0.05) is 13.0 Å². The highest BCUT2D eigenvalue weighted by Crippen LogP contribution is 2.22. The molecule has 0 saturated carbocycles. The van der Waals surface area contributed by atoms with Crippen molar-refractivity contribution in [1.82, 2.24) is 15.6 Å². The van der Waals surface area contributed by atoms with Crippen LogP contribution in [0.15, 0.2) is 47.6 Å². The van der Waals surface area contributed by atoms with Gasteiger partial charge < -0.3 is 20.1 Å². The Morgan fingerprint density at radius 1 is 1.11 bits per heavy atom. The van der Waals surface area contributed by atoms with E-state index in [0.29, 0.717) is 18.5 Å². The third-order valence-electron chi connectivity index (χ3n) is 3.84. The van der Waals surface area contributed by atoms with E-state index in [1.54, 1.807) is 13.3 Å². The Balaban J connectivity index is 0.00000364. The van der Waals surface area contributed by atoms with Gasteiger partial charge in [-0.2, -0.15) is 0 Å². The van der Waals surface area contributed by atoms with Gasteiger partial charge >= 0.3 is 0 Å². The number of nitrogens with one attached hydrogen (secondary N) is 2. The quantitative estimate of drug-likeness (QED) is 0.331. The predicted molar refractivity (Wildman–Crippen MR) is 120 cm³/mol. The molecule has 1 heterocycles. The standard InChI is InChI=1S/C20H28N4O2.HI/c1-5-15(3)24-20(21-6-2)23-14-16-7-12-19(22-13-16)26-18-10-8-17(25-4)9-11-18;/h7-13,15H,5-6,14H2,1-4H3,(H2,21,23,24);1H. The van der Waals surface area contributed by atoms with E-state index >= 15 is 0 Å². The second-order valence-electron chi connectivity index (χ2n) is 5.93. The summed E-state index contributed by atoms with van der Waals surface area (Å²) in [6, 6.07) is 11.6. The van der Waals surface area contributed by atoms with Crippen LogP contribution in [-0.4, -0.2) is 30.6 Å². The fourth-order valence-corrected chi connectivity index (χ4v) is 2.16. The van der Waals surface area contributed by atoms with Crippen molar-refractivity contribution >= 4 is 29.9 Å². The van der Waals surface area contributed by atoms with Gasteiger partial charge in [-0.25, -0.2) is 9.98 Å². The number of ether oxygens (including phenoxy) is 2. The maximum atomic E-state index is 5.74. The van der Waals surface area contributed by atoms with Crippen molar-refractivity contribution in [3.05, 3.63) is 48.2 Å². The van der Waals surface area contributed by atoms with Crippen LogP contribution < -0.4 is 20.1 Å². The van der Waals surface area contributed by atoms with E-state index in [-0.39, 0.29) is 24.0 Å². The molecule has 1 aromatic carbocycles. The van der Waals surface area contributed by atoms with E-state index < -0.39 is 0 Å². The van der Waals surface area contributed by atoms with Gasteiger partial charge in [0, 0.05) is 24.8 Å². The Kier molecular flexibility index (Phi) is 10.5. The van der Waals surface area contributed by atoms with Crippen LogP contribution in [0.25, 0.3) is 0 Å². The van der Waals surface area contributed by atoms with Gasteiger partial charge in [-0.3, -0.25) is 0 Å². The summed E-state index contributed by atoms with van der Waals surface area (Å²) in [6.45, 7) is 7.73. The van der Waals surface area contributed by atoms with Crippen LogP contribution in [-0.2, 0) is 6.54 Å². The molecule has 6 nitrogen and oxygen atoms in total. The molecule has 0 saturated heterocycles. The molecule has 0 aliphatic heterocycles. The smallest absolute Gasteiger partial charge is 0.219 e. The molecule has 1 atom stereocenters. The van der Waals surface area contributed by atoms with Crippen molar-refractivity contribution in [2.24, 2.45) is 4.99 Å². The first kappa shape index (κ1) is 23.0. The lowest BCUT2D eigenvalue weighted by Gasteiger charge is -2.16. The molecule has 0 fully saturated rings. The number of guanidine groups is 1. The van der Waals surface area contributed by atoms with Gasteiger partial charge in [0.2, 0.25) is 5.88 Å². The molecule has 148 valence electrons. The minimum atomic E-state index is 0. The zero-order valence-electron chi connectivity index (χ0n) is 16.4. The minimum Gasteiger partial charge on any atom is -0.497 e. The molecule has 0 aliphatic carbocycles. The molecule has 0 aliphatic rings. The van der Waals surface area contributed by atoms with Gasteiger partial charge in [0.15, 0.2) is 5.96 Å². The number of aliphatic imine (C=N–C) groups is 1. The van der Waals surface area contributed by atoms with E-state index in [1.807, 2.05) is 36.4 Å². The summed E-state index contributed by atoms with van der Waals surface area (Å²) in [7, 11) is 1.64. The normalized spacial score (nSPS) is 11.9. The molecule has 27 heavy (non-hydrogen) atoms. The van der Waals surface area contributed by atoms with Gasteiger partial charge in [-0.15, -0.1) is 24.0 Å². The molecule has 1 aromatic heterocycles. The minimum absolute atomic E-state index is 0. The van der Waals surface area contributed by atoms with Crippen LogP contribution in [0.3, 0.4) is 0 Å². The Morgan fingerprint density at radius 2 is 1.81 bits per heavy atom. The number of halogens is 1. The van der Waals surface area contributed by atoms with E-state index in [1.165, 1.54) is 0 Å². The number of methoxy groups -OCH3 is 1. The monoisotopic (exact) mass is 484 g/mol. The van der Waals surface area contributed by atoms with E-state index in [2.05, 4.69) is 41.4 Å².